The third-order valence-electron chi connectivity index (χ3n) is 6.24. The van der Waals surface area contributed by atoms with Crippen molar-refractivity contribution in [1.82, 2.24) is 4.57 Å². The van der Waals surface area contributed by atoms with E-state index in [1.54, 1.807) is 6.19 Å². The number of fused-ring (bicyclic) bond motifs is 4. The predicted molar refractivity (Wildman–Crippen MR) is 115 cm³/mol. The highest BCUT2D eigenvalue weighted by molar-refractivity contribution is 6.29. The van der Waals surface area contributed by atoms with Crippen LogP contribution in [0.25, 0.3) is 0 Å². The van der Waals surface area contributed by atoms with Gasteiger partial charge in [0.1, 0.15) is 23.1 Å². The van der Waals surface area contributed by atoms with E-state index in [2.05, 4.69) is 0 Å². The van der Waals surface area contributed by atoms with E-state index in [9.17, 15) is 39.8 Å². The first-order valence-corrected chi connectivity index (χ1v) is 10.7. The van der Waals surface area contributed by atoms with E-state index in [-0.39, 0.29) is 27.9 Å². The summed E-state index contributed by atoms with van der Waals surface area (Å²) >= 11 is 0. The summed E-state index contributed by atoms with van der Waals surface area (Å²) in [5, 5.41) is 42.8. The SMILES string of the molecule is CC(=O)O[C@@H]1[C@@H](O)c2c3c(n(C#N)c2[C@@H](OC(=O)C(C)C)[C@@]1(C)O)C(=O)c1c(O)cccc1C3=O. The number of benzene rings is 1. The second-order valence-corrected chi connectivity index (χ2v) is 8.99. The molecule has 1 aromatic heterocycles. The van der Waals surface area contributed by atoms with Crippen LogP contribution < -0.4 is 0 Å². The number of ketones is 2. The van der Waals surface area contributed by atoms with Crippen LogP contribution >= 0.6 is 0 Å². The van der Waals surface area contributed by atoms with Crippen molar-refractivity contribution < 1.29 is 44.0 Å². The van der Waals surface area contributed by atoms with Crippen molar-refractivity contribution in [3.8, 4) is 11.9 Å². The predicted octanol–water partition coefficient (Wildman–Crippen LogP) is 1.27. The van der Waals surface area contributed by atoms with E-state index in [0.29, 0.717) is 4.57 Å². The zero-order valence-electron chi connectivity index (χ0n) is 19.2. The van der Waals surface area contributed by atoms with Crippen LogP contribution in [0.3, 0.4) is 0 Å². The number of carbonyl (C=O) groups is 4. The van der Waals surface area contributed by atoms with Gasteiger partial charge in [0.15, 0.2) is 24.2 Å². The summed E-state index contributed by atoms with van der Waals surface area (Å²) < 4.78 is 11.4. The van der Waals surface area contributed by atoms with Crippen molar-refractivity contribution in [2.75, 3.05) is 0 Å². The van der Waals surface area contributed by atoms with Gasteiger partial charge < -0.3 is 24.8 Å². The fourth-order valence-corrected chi connectivity index (χ4v) is 4.62. The van der Waals surface area contributed by atoms with Crippen LogP contribution in [0.1, 0.15) is 83.1 Å². The minimum atomic E-state index is -2.26. The van der Waals surface area contributed by atoms with Crippen LogP contribution in [0.2, 0.25) is 0 Å². The number of aliphatic hydroxyl groups excluding tert-OH is 1. The normalized spacial score (nSPS) is 24.8. The maximum atomic E-state index is 13.5. The summed E-state index contributed by atoms with van der Waals surface area (Å²) in [4.78, 5) is 51.3. The molecule has 0 bridgehead atoms. The molecule has 182 valence electrons. The van der Waals surface area contributed by atoms with Crippen molar-refractivity contribution in [2.24, 2.45) is 5.92 Å². The molecule has 35 heavy (non-hydrogen) atoms. The number of phenols is 1. The van der Waals surface area contributed by atoms with Gasteiger partial charge in [-0.05, 0) is 13.0 Å². The van der Waals surface area contributed by atoms with E-state index in [1.165, 1.54) is 32.0 Å². The molecule has 11 heteroatoms. The smallest absolute Gasteiger partial charge is 0.309 e. The topological polar surface area (TPSA) is 176 Å². The molecular formula is C24H22N2O9. The molecule has 11 nitrogen and oxygen atoms in total. The van der Waals surface area contributed by atoms with Gasteiger partial charge in [0.25, 0.3) is 0 Å². The zero-order chi connectivity index (χ0) is 26.0. The fourth-order valence-electron chi connectivity index (χ4n) is 4.62. The van der Waals surface area contributed by atoms with E-state index < -0.39 is 64.8 Å². The number of nitriles is 1. The lowest BCUT2D eigenvalue weighted by Crippen LogP contribution is -2.55. The Kier molecular flexibility index (Phi) is 5.54. The molecule has 0 saturated heterocycles. The van der Waals surface area contributed by atoms with Crippen molar-refractivity contribution in [1.29, 1.82) is 5.26 Å². The number of carbonyl (C=O) groups excluding carboxylic acids is 4. The van der Waals surface area contributed by atoms with Gasteiger partial charge in [-0.1, -0.05) is 26.0 Å². The Bertz CT molecular complexity index is 1350. The second kappa shape index (κ2) is 8.04. The number of nitrogens with zero attached hydrogens (tertiary/aromatic N) is 2. The molecule has 0 amide bonds. The maximum Gasteiger partial charge on any atom is 0.309 e. The van der Waals surface area contributed by atoms with E-state index in [4.69, 9.17) is 9.47 Å². The number of aromatic hydroxyl groups is 1. The lowest BCUT2D eigenvalue weighted by atomic mass is 9.75. The molecule has 0 aliphatic heterocycles. The van der Waals surface area contributed by atoms with Crippen LogP contribution in [0, 0.1) is 17.4 Å². The van der Waals surface area contributed by atoms with Gasteiger partial charge >= 0.3 is 11.9 Å². The third kappa shape index (κ3) is 3.33. The Morgan fingerprint density at radius 2 is 1.83 bits per heavy atom. The highest BCUT2D eigenvalue weighted by Gasteiger charge is 2.59. The van der Waals surface area contributed by atoms with Gasteiger partial charge in [-0.2, -0.15) is 5.26 Å². The van der Waals surface area contributed by atoms with E-state index in [0.717, 1.165) is 13.8 Å². The monoisotopic (exact) mass is 482 g/mol. The molecule has 4 atom stereocenters. The van der Waals surface area contributed by atoms with Gasteiger partial charge in [0, 0.05) is 18.1 Å². The summed E-state index contributed by atoms with van der Waals surface area (Å²) in [6.07, 6.45) is -3.54. The summed E-state index contributed by atoms with van der Waals surface area (Å²) in [7, 11) is 0. The zero-order valence-corrected chi connectivity index (χ0v) is 19.2. The van der Waals surface area contributed by atoms with Crippen molar-refractivity contribution in [3.63, 3.8) is 0 Å². The van der Waals surface area contributed by atoms with Crippen LogP contribution in [0.15, 0.2) is 18.2 Å². The van der Waals surface area contributed by atoms with Crippen LogP contribution in [-0.4, -0.2) is 55.1 Å². The Morgan fingerprint density at radius 1 is 1.17 bits per heavy atom. The summed E-state index contributed by atoms with van der Waals surface area (Å²) in [6.45, 7) is 5.24. The Labute approximate surface area is 199 Å². The quantitative estimate of drug-likeness (QED) is 0.461. The Hall–Kier alpha value is -4.01. The molecule has 1 aromatic carbocycles. The molecule has 4 rings (SSSR count). The Balaban J connectivity index is 2.08. The molecule has 0 saturated carbocycles. The number of esters is 2. The van der Waals surface area contributed by atoms with Crippen LogP contribution in [0.5, 0.6) is 5.75 Å². The molecule has 3 N–H and O–H groups in total. The number of hydrogen-bond donors (Lipinski definition) is 3. The summed E-state index contributed by atoms with van der Waals surface area (Å²) in [5.41, 5.74) is -4.18. The van der Waals surface area contributed by atoms with Gasteiger partial charge in [-0.25, -0.2) is 4.57 Å². The molecule has 0 radical (unpaired) electrons. The number of hydrogen-bond acceptors (Lipinski definition) is 10. The number of ether oxygens (including phenoxy) is 2. The van der Waals surface area contributed by atoms with Gasteiger partial charge in [0.2, 0.25) is 5.78 Å². The Morgan fingerprint density at radius 3 is 2.40 bits per heavy atom. The van der Waals surface area contributed by atoms with E-state index >= 15 is 0 Å². The van der Waals surface area contributed by atoms with Crippen molar-refractivity contribution >= 4 is 23.5 Å². The van der Waals surface area contributed by atoms with Crippen molar-refractivity contribution in [2.45, 2.75) is 51.6 Å². The average molecular weight is 482 g/mol. The van der Waals surface area contributed by atoms with Crippen LogP contribution in [-0.2, 0) is 19.1 Å². The lowest BCUT2D eigenvalue weighted by molar-refractivity contribution is -0.217. The number of phenolic OH excluding ortho intramolecular Hbond substituents is 1. The highest BCUT2D eigenvalue weighted by atomic mass is 16.6. The van der Waals surface area contributed by atoms with Gasteiger partial charge in [-0.15, -0.1) is 0 Å². The molecule has 0 spiro atoms. The number of rotatable bonds is 3. The molecule has 2 aliphatic rings. The number of aliphatic hydroxyl groups is 2. The average Bonchev–Trinajstić information content (AvgIpc) is 3.13. The standard InChI is InChI=1S/C24H22N2O9/c1-9(2)23(32)35-21-17-15(20(31)22(24(21,4)33)34-10(3)27)14-16(26(17)8-25)19(30)13-11(18(14)29)6-5-7-12(13)28/h5-7,9,20-22,28,31,33H,1-4H3/t20-,21+,22+,24+/m0/s1. The maximum absolute atomic E-state index is 13.5. The lowest BCUT2D eigenvalue weighted by Gasteiger charge is -2.44. The minimum absolute atomic E-state index is 0.162. The molecule has 0 unspecified atom stereocenters. The van der Waals surface area contributed by atoms with Gasteiger partial charge in [0.05, 0.1) is 22.7 Å². The largest absolute Gasteiger partial charge is 0.507 e. The van der Waals surface area contributed by atoms with Crippen molar-refractivity contribution in [3.05, 3.63) is 51.8 Å². The summed E-state index contributed by atoms with van der Waals surface area (Å²) in [6, 6.07) is 3.87. The fraction of sp³-hybridized carbons (Fsp3) is 0.375. The number of aromatic nitrogens is 1. The molecule has 1 heterocycles. The molecular weight excluding hydrogens is 460 g/mol. The van der Waals surface area contributed by atoms with Crippen LogP contribution in [0.4, 0.5) is 0 Å². The molecule has 2 aromatic rings. The molecule has 0 fully saturated rings. The minimum Gasteiger partial charge on any atom is -0.507 e. The first-order chi connectivity index (χ1) is 16.3. The second-order valence-electron chi connectivity index (χ2n) is 8.99. The first-order valence-electron chi connectivity index (χ1n) is 10.7. The summed E-state index contributed by atoms with van der Waals surface area (Å²) in [5.74, 6) is -4.49. The molecule has 2 aliphatic carbocycles. The van der Waals surface area contributed by atoms with Gasteiger partial charge in [-0.3, -0.25) is 19.2 Å². The first kappa shape index (κ1) is 24.1. The van der Waals surface area contributed by atoms with E-state index in [1.807, 2.05) is 0 Å². The third-order valence-corrected chi connectivity index (χ3v) is 6.24. The highest BCUT2D eigenvalue weighted by Crippen LogP contribution is 2.51.